The smallest absolute Gasteiger partial charge is 0.276 e. The first-order chi connectivity index (χ1) is 16.1. The van der Waals surface area contributed by atoms with Gasteiger partial charge in [0, 0.05) is 6.20 Å². The minimum absolute atomic E-state index is 0.0271. The maximum Gasteiger partial charge on any atom is 0.276 e. The summed E-state index contributed by atoms with van der Waals surface area (Å²) in [6.45, 7) is 3.48. The highest BCUT2D eigenvalue weighted by atomic mass is 19.1. The number of amides is 1. The van der Waals surface area contributed by atoms with Gasteiger partial charge >= 0.3 is 0 Å². The Balaban J connectivity index is 1.64. The van der Waals surface area contributed by atoms with Crippen molar-refractivity contribution in [3.05, 3.63) is 65.9 Å². The lowest BCUT2D eigenvalue weighted by Gasteiger charge is -2.43. The van der Waals surface area contributed by atoms with Gasteiger partial charge in [-0.1, -0.05) is 6.92 Å². The zero-order chi connectivity index (χ0) is 24.6. The summed E-state index contributed by atoms with van der Waals surface area (Å²) < 4.78 is 28.3. The molecule has 1 aliphatic rings. The summed E-state index contributed by atoms with van der Waals surface area (Å²) in [7, 11) is 0. The van der Waals surface area contributed by atoms with Crippen molar-refractivity contribution in [3.63, 3.8) is 0 Å². The number of carbonyl (C=O) groups is 1. The lowest BCUT2D eigenvalue weighted by atomic mass is 9.69. The quantitative estimate of drug-likeness (QED) is 0.461. The molecule has 3 aromatic heterocycles. The number of hydrogen-bond acceptors (Lipinski definition) is 7. The van der Waals surface area contributed by atoms with E-state index in [1.807, 2.05) is 6.92 Å². The monoisotopic (exact) mass is 469 g/mol. The van der Waals surface area contributed by atoms with Crippen molar-refractivity contribution in [2.45, 2.75) is 44.3 Å². The van der Waals surface area contributed by atoms with Crippen LogP contribution in [0.5, 0.6) is 0 Å². The number of nitrogen functional groups attached to an aromatic ring is 1. The lowest BCUT2D eigenvalue weighted by Crippen LogP contribution is -2.49. The highest BCUT2D eigenvalue weighted by molar-refractivity contribution is 6.06. The Morgan fingerprint density at radius 3 is 2.53 bits per heavy atom. The number of halogens is 2. The Hall–Kier alpha value is -3.50. The average molecular weight is 469 g/mol. The van der Waals surface area contributed by atoms with Gasteiger partial charge in [0.05, 0.1) is 52.9 Å². The van der Waals surface area contributed by atoms with Crippen LogP contribution in [-0.2, 0) is 0 Å². The molecule has 0 bridgehead atoms. The normalized spacial score (nSPS) is 24.6. The highest BCUT2D eigenvalue weighted by Gasteiger charge is 2.43. The molecule has 3 aromatic rings. The van der Waals surface area contributed by atoms with Crippen LogP contribution >= 0.6 is 0 Å². The van der Waals surface area contributed by atoms with Gasteiger partial charge in [0.25, 0.3) is 5.91 Å². The van der Waals surface area contributed by atoms with Crippen LogP contribution in [0.15, 0.2) is 43.0 Å². The van der Waals surface area contributed by atoms with Crippen LogP contribution < -0.4 is 11.1 Å². The Labute approximate surface area is 194 Å². The third-order valence-electron chi connectivity index (χ3n) is 6.61. The predicted molar refractivity (Wildman–Crippen MR) is 122 cm³/mol. The van der Waals surface area contributed by atoms with Crippen LogP contribution in [0.4, 0.5) is 20.2 Å². The molecule has 0 spiro atoms. The Morgan fingerprint density at radius 2 is 1.85 bits per heavy atom. The number of hydrogen-bond donors (Lipinski definition) is 4. The summed E-state index contributed by atoms with van der Waals surface area (Å²) in [6, 6.07) is 4.41. The second kappa shape index (κ2) is 9.03. The molecule has 4 atom stereocenters. The Morgan fingerprint density at radius 1 is 1.15 bits per heavy atom. The number of aromatic nitrogens is 3. The summed E-state index contributed by atoms with van der Waals surface area (Å²) in [5, 5.41) is 23.7. The molecule has 0 radical (unpaired) electrons. The van der Waals surface area contributed by atoms with Gasteiger partial charge in [0.1, 0.15) is 0 Å². The summed E-state index contributed by atoms with van der Waals surface area (Å²) in [6.07, 6.45) is 4.73. The number of pyridine rings is 3. The maximum absolute atomic E-state index is 14.2. The molecule has 4 rings (SSSR count). The molecular formula is C24H25F2N5O3. The third-order valence-corrected chi connectivity index (χ3v) is 6.61. The van der Waals surface area contributed by atoms with E-state index in [4.69, 9.17) is 5.73 Å². The molecule has 34 heavy (non-hydrogen) atoms. The standard InChI is InChI=1S/C24H25F2N5O3/c1-12-7-13(8-20(32)24(12,2)34)14-5-6-28-11-19(14)31-23(33)22-17(27)3-4-18(30-22)21-15(25)9-29-10-16(21)26/h3-6,9-13,20,32,34H,7-8,27H2,1-2H3,(H,31,33)/t12-,13+,20+,24+/m0/s1. The SMILES string of the molecule is C[C@H]1C[C@@H](c2ccncc2NC(=O)c2nc(-c3c(F)cncc3F)ccc2N)C[C@@H](O)[C@]1(C)O. The minimum atomic E-state index is -1.21. The van der Waals surface area contributed by atoms with E-state index < -0.39 is 34.8 Å². The van der Waals surface area contributed by atoms with Gasteiger partial charge in [0.2, 0.25) is 0 Å². The first-order valence-corrected chi connectivity index (χ1v) is 10.8. The fourth-order valence-electron chi connectivity index (χ4n) is 4.35. The largest absolute Gasteiger partial charge is 0.397 e. The molecule has 1 amide bonds. The van der Waals surface area contributed by atoms with E-state index in [0.29, 0.717) is 18.5 Å². The van der Waals surface area contributed by atoms with Crippen molar-refractivity contribution in [1.82, 2.24) is 15.0 Å². The fourth-order valence-corrected chi connectivity index (χ4v) is 4.35. The number of nitrogens with two attached hydrogens (primary N) is 1. The summed E-state index contributed by atoms with van der Waals surface area (Å²) in [5.41, 5.74) is 5.18. The molecule has 0 unspecified atom stereocenters. The number of nitrogens with zero attached hydrogens (tertiary/aromatic N) is 3. The third kappa shape index (κ3) is 4.34. The van der Waals surface area contributed by atoms with Gasteiger partial charge in [-0.15, -0.1) is 0 Å². The van der Waals surface area contributed by atoms with Crippen molar-refractivity contribution in [2.24, 2.45) is 5.92 Å². The van der Waals surface area contributed by atoms with Gasteiger partial charge in [-0.05, 0) is 55.4 Å². The van der Waals surface area contributed by atoms with Crippen LogP contribution in [0.1, 0.15) is 48.7 Å². The van der Waals surface area contributed by atoms with Crippen LogP contribution in [0, 0.1) is 17.6 Å². The molecule has 178 valence electrons. The van der Waals surface area contributed by atoms with E-state index in [-0.39, 0.29) is 28.9 Å². The van der Waals surface area contributed by atoms with E-state index in [1.54, 1.807) is 19.2 Å². The predicted octanol–water partition coefficient (Wildman–Crippen LogP) is 3.28. The van der Waals surface area contributed by atoms with Gasteiger partial charge in [0.15, 0.2) is 17.3 Å². The van der Waals surface area contributed by atoms with Crippen molar-refractivity contribution in [1.29, 1.82) is 0 Å². The van der Waals surface area contributed by atoms with Gasteiger partial charge in [-0.3, -0.25) is 14.8 Å². The van der Waals surface area contributed by atoms with Gasteiger partial charge < -0.3 is 21.3 Å². The second-order valence-electron chi connectivity index (χ2n) is 8.84. The van der Waals surface area contributed by atoms with E-state index >= 15 is 0 Å². The number of anilines is 2. The minimum Gasteiger partial charge on any atom is -0.397 e. The first kappa shape index (κ1) is 23.7. The van der Waals surface area contributed by atoms with E-state index in [1.165, 1.54) is 18.3 Å². The van der Waals surface area contributed by atoms with Crippen LogP contribution in [-0.4, -0.2) is 42.8 Å². The molecule has 1 saturated carbocycles. The summed E-state index contributed by atoms with van der Waals surface area (Å²) >= 11 is 0. The molecule has 0 saturated heterocycles. The average Bonchev–Trinajstić information content (AvgIpc) is 2.78. The fraction of sp³-hybridized carbons (Fsp3) is 0.333. The maximum atomic E-state index is 14.2. The zero-order valence-electron chi connectivity index (χ0n) is 18.7. The molecule has 10 heteroatoms. The molecule has 3 heterocycles. The Kier molecular flexibility index (Phi) is 6.28. The topological polar surface area (TPSA) is 134 Å². The van der Waals surface area contributed by atoms with Crippen molar-refractivity contribution in [3.8, 4) is 11.3 Å². The number of aliphatic hydroxyl groups is 2. The van der Waals surface area contributed by atoms with Crippen molar-refractivity contribution in [2.75, 3.05) is 11.1 Å². The summed E-state index contributed by atoms with van der Waals surface area (Å²) in [4.78, 5) is 24.7. The van der Waals surface area contributed by atoms with E-state index in [2.05, 4.69) is 20.3 Å². The second-order valence-corrected chi connectivity index (χ2v) is 8.84. The van der Waals surface area contributed by atoms with Crippen molar-refractivity contribution < 1.29 is 23.8 Å². The van der Waals surface area contributed by atoms with E-state index in [9.17, 15) is 23.8 Å². The molecule has 0 aliphatic heterocycles. The highest BCUT2D eigenvalue weighted by Crippen LogP contribution is 2.43. The van der Waals surface area contributed by atoms with E-state index in [0.717, 1.165) is 18.0 Å². The Bertz CT molecular complexity index is 1200. The van der Waals surface area contributed by atoms with Crippen molar-refractivity contribution >= 4 is 17.3 Å². The molecule has 1 aliphatic carbocycles. The van der Waals surface area contributed by atoms with Crippen LogP contribution in [0.2, 0.25) is 0 Å². The van der Waals surface area contributed by atoms with Crippen LogP contribution in [0.25, 0.3) is 11.3 Å². The summed E-state index contributed by atoms with van der Waals surface area (Å²) in [5.74, 6) is -2.84. The molecule has 1 fully saturated rings. The first-order valence-electron chi connectivity index (χ1n) is 10.8. The van der Waals surface area contributed by atoms with Crippen LogP contribution in [0.3, 0.4) is 0 Å². The number of rotatable bonds is 4. The van der Waals surface area contributed by atoms with Gasteiger partial charge in [-0.2, -0.15) is 0 Å². The lowest BCUT2D eigenvalue weighted by molar-refractivity contribution is -0.123. The number of aliphatic hydroxyl groups excluding tert-OH is 1. The number of carbonyl (C=O) groups excluding carboxylic acids is 1. The molecule has 5 N–H and O–H groups in total. The number of nitrogens with one attached hydrogen (secondary N) is 1. The molecule has 8 nitrogen and oxygen atoms in total. The van der Waals surface area contributed by atoms with Gasteiger partial charge in [-0.25, -0.2) is 13.8 Å². The molecule has 0 aromatic carbocycles. The molecular weight excluding hydrogens is 444 g/mol. The zero-order valence-corrected chi connectivity index (χ0v) is 18.7.